The highest BCUT2D eigenvalue weighted by Gasteiger charge is 2.26. The van der Waals surface area contributed by atoms with Crippen molar-refractivity contribution < 1.29 is 14.4 Å². The van der Waals surface area contributed by atoms with Crippen molar-refractivity contribution in [3.8, 4) is 11.3 Å². The number of nitrogens with zero attached hydrogens (tertiary/aromatic N) is 3. The van der Waals surface area contributed by atoms with Gasteiger partial charge in [0.25, 0.3) is 5.91 Å². The Morgan fingerprint density at radius 2 is 2.15 bits per heavy atom. The molecule has 140 valence electrons. The summed E-state index contributed by atoms with van der Waals surface area (Å²) < 4.78 is 7.34. The van der Waals surface area contributed by atoms with Crippen molar-refractivity contribution in [1.29, 1.82) is 0 Å². The van der Waals surface area contributed by atoms with Crippen LogP contribution in [0.25, 0.3) is 11.3 Å². The molecule has 0 radical (unpaired) electrons. The van der Waals surface area contributed by atoms with E-state index >= 15 is 0 Å². The molecule has 0 spiro atoms. The van der Waals surface area contributed by atoms with Gasteiger partial charge in [-0.1, -0.05) is 35.5 Å². The van der Waals surface area contributed by atoms with Gasteiger partial charge in [-0.25, -0.2) is 4.98 Å². The molecule has 7 nitrogen and oxygen atoms in total. The molecule has 4 rings (SSSR count). The Balaban J connectivity index is 1.41. The van der Waals surface area contributed by atoms with Gasteiger partial charge in [0.2, 0.25) is 0 Å². The fourth-order valence-corrected chi connectivity index (χ4v) is 3.71. The minimum Gasteiger partial charge on any atom is -0.390 e. The van der Waals surface area contributed by atoms with Crippen LogP contribution in [0.4, 0.5) is 0 Å². The lowest BCUT2D eigenvalue weighted by Crippen LogP contribution is -2.39. The van der Waals surface area contributed by atoms with Gasteiger partial charge in [0.05, 0.1) is 24.8 Å². The smallest absolute Gasteiger partial charge is 0.273 e. The molecule has 0 saturated heterocycles. The predicted octanol–water partition coefficient (Wildman–Crippen LogP) is 2.94. The summed E-state index contributed by atoms with van der Waals surface area (Å²) in [5, 5.41) is 16.4. The van der Waals surface area contributed by atoms with Crippen LogP contribution in [0, 0.1) is 0 Å². The third-order valence-electron chi connectivity index (χ3n) is 5.08. The van der Waals surface area contributed by atoms with Crippen LogP contribution in [0.1, 0.15) is 47.9 Å². The van der Waals surface area contributed by atoms with Crippen LogP contribution in [-0.4, -0.2) is 31.8 Å². The second kappa shape index (κ2) is 7.75. The van der Waals surface area contributed by atoms with E-state index in [9.17, 15) is 9.90 Å². The molecule has 2 aromatic heterocycles. The lowest BCUT2D eigenvalue weighted by Gasteiger charge is -2.31. The van der Waals surface area contributed by atoms with Crippen molar-refractivity contribution in [3.05, 3.63) is 60.3 Å². The van der Waals surface area contributed by atoms with Gasteiger partial charge in [-0.3, -0.25) is 4.79 Å². The van der Waals surface area contributed by atoms with E-state index in [1.165, 1.54) is 0 Å². The molecular weight excluding hydrogens is 344 g/mol. The number of carbonyl (C=O) groups excluding carboxylic acids is 1. The van der Waals surface area contributed by atoms with Crippen molar-refractivity contribution >= 4 is 5.91 Å². The van der Waals surface area contributed by atoms with Crippen LogP contribution >= 0.6 is 0 Å². The first-order chi connectivity index (χ1) is 13.2. The van der Waals surface area contributed by atoms with Crippen LogP contribution < -0.4 is 5.32 Å². The number of carbonyl (C=O) groups is 1. The summed E-state index contributed by atoms with van der Waals surface area (Å²) in [5.74, 6) is 0.355. The molecule has 1 saturated carbocycles. The van der Waals surface area contributed by atoms with Crippen LogP contribution in [0.2, 0.25) is 0 Å². The van der Waals surface area contributed by atoms with Gasteiger partial charge in [-0.15, -0.1) is 0 Å². The molecule has 2 unspecified atom stereocenters. The Labute approximate surface area is 157 Å². The van der Waals surface area contributed by atoms with Crippen molar-refractivity contribution in [2.24, 2.45) is 0 Å². The minimum atomic E-state index is -0.223. The molecule has 27 heavy (non-hydrogen) atoms. The van der Waals surface area contributed by atoms with Crippen molar-refractivity contribution in [2.45, 2.75) is 44.4 Å². The Kier molecular flexibility index (Phi) is 5.02. The molecule has 1 aliphatic carbocycles. The Bertz CT molecular complexity index is 903. The maximum atomic E-state index is 12.6. The van der Waals surface area contributed by atoms with E-state index in [1.54, 1.807) is 18.6 Å². The highest BCUT2D eigenvalue weighted by atomic mass is 16.5. The quantitative estimate of drug-likeness (QED) is 0.724. The number of aromatic nitrogens is 3. The summed E-state index contributed by atoms with van der Waals surface area (Å²) in [6.07, 6.45) is 7.19. The molecule has 1 aliphatic rings. The summed E-state index contributed by atoms with van der Waals surface area (Å²) >= 11 is 0. The normalized spacial score (nSPS) is 19.7. The van der Waals surface area contributed by atoms with Crippen molar-refractivity contribution in [2.75, 3.05) is 0 Å². The van der Waals surface area contributed by atoms with Crippen molar-refractivity contribution in [3.63, 3.8) is 0 Å². The van der Waals surface area contributed by atoms with Gasteiger partial charge in [0, 0.05) is 23.7 Å². The van der Waals surface area contributed by atoms with Gasteiger partial charge in [0.15, 0.2) is 11.5 Å². The van der Waals surface area contributed by atoms with Crippen LogP contribution in [-0.2, 0) is 6.61 Å². The third kappa shape index (κ3) is 3.78. The number of aliphatic hydroxyl groups is 1. The molecule has 2 heterocycles. The van der Waals surface area contributed by atoms with Crippen LogP contribution in [0.3, 0.4) is 0 Å². The summed E-state index contributed by atoms with van der Waals surface area (Å²) in [6.45, 7) is -0.0330. The highest BCUT2D eigenvalue weighted by Crippen LogP contribution is 2.30. The SMILES string of the molecule is O=C(NC1CCCC(n2cncc2CO)C1)c1cc(-c2ccccc2)on1. The first-order valence-electron chi connectivity index (χ1n) is 9.19. The average Bonchev–Trinajstić information content (AvgIpc) is 3.38. The highest BCUT2D eigenvalue weighted by molar-refractivity contribution is 5.93. The largest absolute Gasteiger partial charge is 0.390 e. The molecule has 3 aromatic rings. The van der Waals surface area contributed by atoms with E-state index in [1.807, 2.05) is 34.9 Å². The number of aliphatic hydroxyl groups excluding tert-OH is 1. The topological polar surface area (TPSA) is 93.2 Å². The predicted molar refractivity (Wildman–Crippen MR) is 98.8 cm³/mol. The fourth-order valence-electron chi connectivity index (χ4n) is 3.71. The summed E-state index contributed by atoms with van der Waals surface area (Å²) in [7, 11) is 0. The first kappa shape index (κ1) is 17.5. The summed E-state index contributed by atoms with van der Waals surface area (Å²) in [4.78, 5) is 16.7. The zero-order valence-corrected chi connectivity index (χ0v) is 14.9. The second-order valence-corrected chi connectivity index (χ2v) is 6.88. The molecule has 1 amide bonds. The van der Waals surface area contributed by atoms with Gasteiger partial charge >= 0.3 is 0 Å². The zero-order chi connectivity index (χ0) is 18.6. The van der Waals surface area contributed by atoms with E-state index in [2.05, 4.69) is 15.5 Å². The van der Waals surface area contributed by atoms with E-state index in [0.717, 1.165) is 36.9 Å². The number of rotatable bonds is 5. The van der Waals surface area contributed by atoms with Gasteiger partial charge < -0.3 is 19.5 Å². The van der Waals surface area contributed by atoms with E-state index in [0.29, 0.717) is 5.76 Å². The van der Waals surface area contributed by atoms with Crippen LogP contribution in [0.15, 0.2) is 53.4 Å². The van der Waals surface area contributed by atoms with E-state index in [-0.39, 0.29) is 30.3 Å². The summed E-state index contributed by atoms with van der Waals surface area (Å²) in [5.41, 5.74) is 1.98. The Hall–Kier alpha value is -2.93. The number of hydrogen-bond donors (Lipinski definition) is 2. The molecule has 7 heteroatoms. The molecule has 2 atom stereocenters. The molecular formula is C20H22N4O3. The Morgan fingerprint density at radius 3 is 2.96 bits per heavy atom. The van der Waals surface area contributed by atoms with Crippen LogP contribution in [0.5, 0.6) is 0 Å². The number of amides is 1. The molecule has 1 fully saturated rings. The van der Waals surface area contributed by atoms with Gasteiger partial charge in [0.1, 0.15) is 0 Å². The zero-order valence-electron chi connectivity index (χ0n) is 14.9. The third-order valence-corrected chi connectivity index (χ3v) is 5.08. The maximum Gasteiger partial charge on any atom is 0.273 e. The number of imidazole rings is 1. The van der Waals surface area contributed by atoms with Gasteiger partial charge in [-0.05, 0) is 25.7 Å². The van der Waals surface area contributed by atoms with Crippen molar-refractivity contribution in [1.82, 2.24) is 20.0 Å². The van der Waals surface area contributed by atoms with E-state index < -0.39 is 0 Å². The number of benzene rings is 1. The fraction of sp³-hybridized carbons (Fsp3) is 0.350. The maximum absolute atomic E-state index is 12.6. The molecule has 0 bridgehead atoms. The standard InChI is InChI=1S/C20H22N4O3/c25-12-17-11-21-13-24(17)16-8-4-7-15(9-16)22-20(26)18-10-19(27-23-18)14-5-2-1-3-6-14/h1-3,5-6,10-11,13,15-16,25H,4,7-9,12H2,(H,22,26). The average molecular weight is 366 g/mol. The minimum absolute atomic E-state index is 0.0330. The number of nitrogens with one attached hydrogen (secondary N) is 1. The van der Waals surface area contributed by atoms with E-state index in [4.69, 9.17) is 4.52 Å². The first-order valence-corrected chi connectivity index (χ1v) is 9.19. The molecule has 2 N–H and O–H groups in total. The van der Waals surface area contributed by atoms with Gasteiger partial charge in [-0.2, -0.15) is 0 Å². The molecule has 1 aromatic carbocycles. The molecule has 0 aliphatic heterocycles. The summed E-state index contributed by atoms with van der Waals surface area (Å²) in [6, 6.07) is 11.5. The monoisotopic (exact) mass is 366 g/mol. The lowest BCUT2D eigenvalue weighted by atomic mass is 9.90. The lowest BCUT2D eigenvalue weighted by molar-refractivity contribution is 0.0910. The number of hydrogen-bond acceptors (Lipinski definition) is 5. The second-order valence-electron chi connectivity index (χ2n) is 6.88. The Morgan fingerprint density at radius 1 is 1.30 bits per heavy atom.